The number of amides is 4. The minimum Gasteiger partial charge on any atom is -0.466 e. The number of esters is 1. The van der Waals surface area contributed by atoms with Crippen molar-refractivity contribution < 1.29 is 33.4 Å². The maximum absolute atomic E-state index is 13.7. The third kappa shape index (κ3) is 10.9. The molecule has 38 heavy (non-hydrogen) atoms. The summed E-state index contributed by atoms with van der Waals surface area (Å²) < 4.78 is 10.1. The molecular formula is C27H38N4O7. The number of nitrogens with zero attached hydrogens (tertiary/aromatic N) is 1. The second-order valence-electron chi connectivity index (χ2n) is 9.71. The Labute approximate surface area is 223 Å². The Morgan fingerprint density at radius 2 is 1.68 bits per heavy atom. The van der Waals surface area contributed by atoms with Crippen molar-refractivity contribution >= 4 is 29.8 Å². The number of carbonyl (C=O) groups is 5. The summed E-state index contributed by atoms with van der Waals surface area (Å²) in [6, 6.07) is 4.95. The molecule has 2 atom stereocenters. The molecule has 0 fully saturated rings. The largest absolute Gasteiger partial charge is 0.466 e. The number of carbonyl (C=O) groups excluding carboxylic acids is 5. The fourth-order valence-electron chi connectivity index (χ4n) is 3.63. The molecule has 0 heterocycles. The zero-order valence-electron chi connectivity index (χ0n) is 22.9. The fraction of sp³-hybridized carbons (Fsp3) is 0.519. The van der Waals surface area contributed by atoms with E-state index in [1.807, 2.05) is 19.9 Å². The number of nitrogens with one attached hydrogen (secondary N) is 2. The van der Waals surface area contributed by atoms with Crippen molar-refractivity contribution in [2.24, 2.45) is 5.73 Å². The molecule has 0 aliphatic carbocycles. The summed E-state index contributed by atoms with van der Waals surface area (Å²) in [6.45, 7) is 10.4. The highest BCUT2D eigenvalue weighted by atomic mass is 16.6. The zero-order valence-corrected chi connectivity index (χ0v) is 22.9. The second kappa shape index (κ2) is 14.6. The highest BCUT2D eigenvalue weighted by Crippen LogP contribution is 2.25. The fourth-order valence-corrected chi connectivity index (χ4v) is 3.63. The Bertz CT molecular complexity index is 1050. The molecule has 0 saturated carbocycles. The van der Waals surface area contributed by atoms with Crippen molar-refractivity contribution in [3.63, 3.8) is 0 Å². The van der Waals surface area contributed by atoms with Crippen molar-refractivity contribution in [1.29, 1.82) is 0 Å². The molecule has 11 nitrogen and oxygen atoms in total. The third-order valence-electron chi connectivity index (χ3n) is 5.04. The van der Waals surface area contributed by atoms with Gasteiger partial charge in [-0.25, -0.2) is 4.79 Å². The number of ether oxygens (including phenoxy) is 2. The Morgan fingerprint density at radius 1 is 1.08 bits per heavy atom. The van der Waals surface area contributed by atoms with Crippen LogP contribution in [0.25, 0.3) is 0 Å². The number of terminal acetylenes is 1. The van der Waals surface area contributed by atoms with Gasteiger partial charge in [0.05, 0.1) is 13.0 Å². The molecule has 4 amide bonds. The first kappa shape index (κ1) is 32.0. The van der Waals surface area contributed by atoms with Gasteiger partial charge in [-0.1, -0.05) is 35.7 Å². The lowest BCUT2D eigenvalue weighted by atomic mass is 9.98. The van der Waals surface area contributed by atoms with E-state index < -0.39 is 47.5 Å². The Kier molecular flexibility index (Phi) is 12.3. The van der Waals surface area contributed by atoms with Gasteiger partial charge in [-0.2, -0.15) is 0 Å². The first-order valence-corrected chi connectivity index (χ1v) is 12.3. The van der Waals surface area contributed by atoms with E-state index in [4.69, 9.17) is 21.6 Å². The number of aryl methyl sites for hydroxylation is 2. The lowest BCUT2D eigenvalue weighted by Crippen LogP contribution is -2.51. The molecule has 0 aliphatic heterocycles. The number of hydrogen-bond acceptors (Lipinski definition) is 7. The number of benzene rings is 1. The van der Waals surface area contributed by atoms with Crippen LogP contribution in [-0.4, -0.2) is 59.5 Å². The SMILES string of the molecule is C#CN(C(=O)C(CCC(N)=O)NC(=O)OC(C)(C)C)C(C(=O)NCCC(=O)OCC)c1cc(C)cc(C)c1. The average Bonchev–Trinajstić information content (AvgIpc) is 2.77. The van der Waals surface area contributed by atoms with Crippen LogP contribution in [0.2, 0.25) is 0 Å². The average molecular weight is 531 g/mol. The summed E-state index contributed by atoms with van der Waals surface area (Å²) >= 11 is 0. The van der Waals surface area contributed by atoms with E-state index in [1.54, 1.807) is 39.8 Å². The highest BCUT2D eigenvalue weighted by molar-refractivity contribution is 5.93. The molecule has 0 bridgehead atoms. The molecule has 0 saturated heterocycles. The van der Waals surface area contributed by atoms with Gasteiger partial charge in [-0.15, -0.1) is 0 Å². The second-order valence-corrected chi connectivity index (χ2v) is 9.71. The number of primary amides is 1. The molecule has 1 aromatic rings. The Morgan fingerprint density at radius 3 is 2.18 bits per heavy atom. The molecular weight excluding hydrogens is 492 g/mol. The molecule has 4 N–H and O–H groups in total. The van der Waals surface area contributed by atoms with Crippen LogP contribution in [0.3, 0.4) is 0 Å². The molecule has 208 valence electrons. The van der Waals surface area contributed by atoms with Crippen molar-refractivity contribution in [3.05, 3.63) is 34.9 Å². The Hall–Kier alpha value is -4.07. The normalized spacial score (nSPS) is 12.3. The van der Waals surface area contributed by atoms with Crippen LogP contribution >= 0.6 is 0 Å². The van der Waals surface area contributed by atoms with Crippen molar-refractivity contribution in [2.45, 2.75) is 78.5 Å². The summed E-state index contributed by atoms with van der Waals surface area (Å²) in [7, 11) is 0. The number of hydrogen-bond donors (Lipinski definition) is 3. The first-order chi connectivity index (χ1) is 17.7. The minimum absolute atomic E-state index is 0.0488. The van der Waals surface area contributed by atoms with Crippen LogP contribution in [0.5, 0.6) is 0 Å². The maximum Gasteiger partial charge on any atom is 0.408 e. The molecule has 1 aromatic carbocycles. The van der Waals surface area contributed by atoms with Crippen LogP contribution in [-0.2, 0) is 28.7 Å². The van der Waals surface area contributed by atoms with Crippen molar-refractivity contribution in [1.82, 2.24) is 15.5 Å². The monoisotopic (exact) mass is 530 g/mol. The topological polar surface area (TPSA) is 157 Å². The van der Waals surface area contributed by atoms with Crippen molar-refractivity contribution in [2.75, 3.05) is 13.2 Å². The summed E-state index contributed by atoms with van der Waals surface area (Å²) in [5.74, 6) is -2.64. The van der Waals surface area contributed by atoms with Crippen LogP contribution in [0.4, 0.5) is 4.79 Å². The predicted molar refractivity (Wildman–Crippen MR) is 140 cm³/mol. The number of nitrogens with two attached hydrogens (primary N) is 1. The molecule has 0 aliphatic rings. The van der Waals surface area contributed by atoms with E-state index in [2.05, 4.69) is 16.7 Å². The van der Waals surface area contributed by atoms with Crippen molar-refractivity contribution in [3.8, 4) is 12.5 Å². The van der Waals surface area contributed by atoms with E-state index >= 15 is 0 Å². The van der Waals surface area contributed by atoms with Gasteiger partial charge < -0.3 is 25.8 Å². The van der Waals surface area contributed by atoms with Gasteiger partial charge in [0.2, 0.25) is 11.8 Å². The smallest absolute Gasteiger partial charge is 0.408 e. The lowest BCUT2D eigenvalue weighted by Gasteiger charge is -2.30. The summed E-state index contributed by atoms with van der Waals surface area (Å²) in [5.41, 5.74) is 6.49. The van der Waals surface area contributed by atoms with Crippen LogP contribution in [0, 0.1) is 26.3 Å². The molecule has 0 aromatic heterocycles. The number of alkyl carbamates (subject to hydrolysis) is 1. The third-order valence-corrected chi connectivity index (χ3v) is 5.04. The van der Waals surface area contributed by atoms with Gasteiger partial charge in [-0.3, -0.25) is 24.1 Å². The van der Waals surface area contributed by atoms with Gasteiger partial charge >= 0.3 is 12.1 Å². The van der Waals surface area contributed by atoms with E-state index in [0.29, 0.717) is 5.56 Å². The number of rotatable bonds is 12. The summed E-state index contributed by atoms with van der Waals surface area (Å²) in [6.07, 6.45) is 4.35. The van der Waals surface area contributed by atoms with E-state index in [9.17, 15) is 24.0 Å². The van der Waals surface area contributed by atoms with Gasteiger partial charge in [0.15, 0.2) is 0 Å². The van der Waals surface area contributed by atoms with E-state index in [0.717, 1.165) is 16.0 Å². The minimum atomic E-state index is -1.31. The van der Waals surface area contributed by atoms with E-state index in [-0.39, 0.29) is 32.4 Å². The zero-order chi connectivity index (χ0) is 29.0. The lowest BCUT2D eigenvalue weighted by molar-refractivity contribution is -0.143. The maximum atomic E-state index is 13.7. The molecule has 0 spiro atoms. The Balaban J connectivity index is 3.38. The summed E-state index contributed by atoms with van der Waals surface area (Å²) in [5, 5.41) is 5.06. The van der Waals surface area contributed by atoms with Crippen LogP contribution in [0.1, 0.15) is 69.7 Å². The molecule has 1 rings (SSSR count). The first-order valence-electron chi connectivity index (χ1n) is 12.3. The molecule has 0 radical (unpaired) electrons. The summed E-state index contributed by atoms with van der Waals surface area (Å²) in [4.78, 5) is 63.5. The van der Waals surface area contributed by atoms with E-state index in [1.165, 1.54) is 0 Å². The molecule has 2 unspecified atom stereocenters. The van der Waals surface area contributed by atoms with Gasteiger partial charge in [0.1, 0.15) is 17.7 Å². The predicted octanol–water partition coefficient (Wildman–Crippen LogP) is 1.99. The highest BCUT2D eigenvalue weighted by Gasteiger charge is 2.36. The van der Waals surface area contributed by atoms with Crippen LogP contribution in [0.15, 0.2) is 18.2 Å². The van der Waals surface area contributed by atoms with Crippen LogP contribution < -0.4 is 16.4 Å². The van der Waals surface area contributed by atoms with Gasteiger partial charge in [-0.05, 0) is 53.5 Å². The van der Waals surface area contributed by atoms with Gasteiger partial charge in [0.25, 0.3) is 5.91 Å². The van der Waals surface area contributed by atoms with Gasteiger partial charge in [0, 0.05) is 19.0 Å². The standard InChI is InChI=1S/C27H38N4O7/c1-8-31(25(35)20(10-11-21(28)32)30-26(36)38-27(5,6)7)23(19-15-17(3)14-18(4)16-19)24(34)29-13-12-22(33)37-9-2/h1,14-16,20,23H,9-13H2,2-7H3,(H2,28,32)(H,29,34)(H,30,36). The molecule has 11 heteroatoms. The quantitative estimate of drug-likeness (QED) is 0.212.